The Bertz CT molecular complexity index is 1160. The summed E-state index contributed by atoms with van der Waals surface area (Å²) in [4.78, 5) is 20.4. The quantitative estimate of drug-likeness (QED) is 0.507. The van der Waals surface area contributed by atoms with Crippen LogP contribution in [0.5, 0.6) is 0 Å². The van der Waals surface area contributed by atoms with Crippen molar-refractivity contribution in [2.24, 2.45) is 0 Å². The summed E-state index contributed by atoms with van der Waals surface area (Å²) in [6.07, 6.45) is 5.94. The van der Waals surface area contributed by atoms with Crippen molar-refractivity contribution in [1.82, 2.24) is 19.9 Å². The number of fused-ring (bicyclic) bond motifs is 2. The molecule has 2 aromatic heterocycles. The molecule has 27 heavy (non-hydrogen) atoms. The van der Waals surface area contributed by atoms with Crippen molar-refractivity contribution in [3.05, 3.63) is 71.1 Å². The summed E-state index contributed by atoms with van der Waals surface area (Å²) in [7, 11) is 0. The molecule has 0 aliphatic carbocycles. The van der Waals surface area contributed by atoms with E-state index in [9.17, 15) is 0 Å². The lowest BCUT2D eigenvalue weighted by Crippen LogP contribution is -2.16. The molecule has 4 aromatic rings. The zero-order valence-electron chi connectivity index (χ0n) is 14.7. The van der Waals surface area contributed by atoms with Crippen molar-refractivity contribution in [3.63, 3.8) is 0 Å². The molecule has 0 saturated heterocycles. The second-order valence-corrected chi connectivity index (χ2v) is 7.09. The van der Waals surface area contributed by atoms with E-state index >= 15 is 0 Å². The zero-order valence-corrected chi connectivity index (χ0v) is 15.5. The van der Waals surface area contributed by atoms with Crippen molar-refractivity contribution >= 4 is 34.0 Å². The number of anilines is 2. The predicted molar refractivity (Wildman–Crippen MR) is 107 cm³/mol. The first-order valence-corrected chi connectivity index (χ1v) is 9.17. The van der Waals surface area contributed by atoms with Crippen LogP contribution >= 0.6 is 11.6 Å². The molecule has 0 fully saturated rings. The highest BCUT2D eigenvalue weighted by molar-refractivity contribution is 6.30. The third-order valence-electron chi connectivity index (χ3n) is 4.82. The van der Waals surface area contributed by atoms with Crippen molar-refractivity contribution in [3.8, 4) is 11.5 Å². The highest BCUT2D eigenvalue weighted by Crippen LogP contribution is 2.38. The summed E-state index contributed by atoms with van der Waals surface area (Å²) in [5, 5.41) is 1.80. The van der Waals surface area contributed by atoms with Gasteiger partial charge in [-0.05, 0) is 49.2 Å². The first-order valence-electron chi connectivity index (χ1n) is 8.80. The van der Waals surface area contributed by atoms with Gasteiger partial charge in [0.1, 0.15) is 11.5 Å². The monoisotopic (exact) mass is 373 g/mol. The Kier molecular flexibility index (Phi) is 3.76. The molecular formula is C21H16ClN5. The molecule has 0 atom stereocenters. The van der Waals surface area contributed by atoms with Crippen LogP contribution in [-0.4, -0.2) is 26.5 Å². The fraction of sp³-hybridized carbons (Fsp3) is 0.143. The second kappa shape index (κ2) is 6.28. The van der Waals surface area contributed by atoms with Crippen LogP contribution in [-0.2, 0) is 6.42 Å². The normalized spacial score (nSPS) is 13.2. The molecule has 132 valence electrons. The van der Waals surface area contributed by atoms with Crippen LogP contribution in [0.2, 0.25) is 5.02 Å². The molecule has 6 heteroatoms. The van der Waals surface area contributed by atoms with Gasteiger partial charge in [0, 0.05) is 35.0 Å². The topological polar surface area (TPSA) is 54.8 Å². The van der Waals surface area contributed by atoms with Crippen LogP contribution in [0.3, 0.4) is 0 Å². The predicted octanol–water partition coefficient (Wildman–Crippen LogP) is 4.74. The molecule has 0 amide bonds. The maximum Gasteiger partial charge on any atom is 0.182 e. The fourth-order valence-corrected chi connectivity index (χ4v) is 3.75. The highest BCUT2D eigenvalue weighted by atomic mass is 35.5. The van der Waals surface area contributed by atoms with Crippen LogP contribution in [0.15, 0.2) is 55.0 Å². The number of hydrogen-bond donors (Lipinski definition) is 0. The van der Waals surface area contributed by atoms with Gasteiger partial charge in [-0.15, -0.1) is 0 Å². The van der Waals surface area contributed by atoms with E-state index in [-0.39, 0.29) is 0 Å². The molecule has 0 bridgehead atoms. The van der Waals surface area contributed by atoms with Crippen molar-refractivity contribution in [1.29, 1.82) is 0 Å². The lowest BCUT2D eigenvalue weighted by Gasteiger charge is -2.21. The van der Waals surface area contributed by atoms with E-state index in [4.69, 9.17) is 21.6 Å². The maximum atomic E-state index is 6.18. The summed E-state index contributed by atoms with van der Waals surface area (Å²) in [6, 6.07) is 12.3. The summed E-state index contributed by atoms with van der Waals surface area (Å²) in [5.74, 6) is 1.47. The lowest BCUT2D eigenvalue weighted by atomic mass is 10.1. The minimum atomic E-state index is 0.580. The smallest absolute Gasteiger partial charge is 0.182 e. The third kappa shape index (κ3) is 2.80. The maximum absolute atomic E-state index is 6.18. The third-order valence-corrected chi connectivity index (χ3v) is 5.05. The first-order chi connectivity index (χ1) is 13.2. The van der Waals surface area contributed by atoms with E-state index in [0.717, 1.165) is 40.4 Å². The van der Waals surface area contributed by atoms with Crippen LogP contribution in [0.25, 0.3) is 22.4 Å². The summed E-state index contributed by atoms with van der Waals surface area (Å²) >= 11 is 6.18. The number of nitrogens with zero attached hydrogens (tertiary/aromatic N) is 5. The highest BCUT2D eigenvalue weighted by Gasteiger charge is 2.24. The average Bonchev–Trinajstić information content (AvgIpc) is 3.10. The summed E-state index contributed by atoms with van der Waals surface area (Å²) in [6.45, 7) is 2.94. The molecule has 0 radical (unpaired) electrons. The Morgan fingerprint density at radius 1 is 1.04 bits per heavy atom. The SMILES string of the molecule is Cc1ccc2nc(-c3cnccn3)nc(N3CCc4cc(Cl)ccc43)c2c1. The van der Waals surface area contributed by atoms with Crippen LogP contribution in [0, 0.1) is 6.92 Å². The molecule has 2 aromatic carbocycles. The molecule has 0 N–H and O–H groups in total. The fourth-order valence-electron chi connectivity index (χ4n) is 3.55. The van der Waals surface area contributed by atoms with Gasteiger partial charge in [0.05, 0.1) is 11.7 Å². The molecule has 1 aliphatic heterocycles. The first kappa shape index (κ1) is 16.1. The number of aromatic nitrogens is 4. The molecular weight excluding hydrogens is 358 g/mol. The number of aryl methyl sites for hydroxylation is 1. The number of hydrogen-bond acceptors (Lipinski definition) is 5. The van der Waals surface area contributed by atoms with Gasteiger partial charge in [-0.1, -0.05) is 23.2 Å². The minimum Gasteiger partial charge on any atom is -0.325 e. The van der Waals surface area contributed by atoms with Gasteiger partial charge >= 0.3 is 0 Å². The standard InChI is InChI=1S/C21H16ClN5/c1-13-2-4-17-16(10-13)21(26-20(25-17)18-12-23-7-8-24-18)27-9-6-14-11-15(22)3-5-19(14)27/h2-5,7-8,10-12H,6,9H2,1H3. The van der Waals surface area contributed by atoms with Gasteiger partial charge < -0.3 is 4.90 Å². The van der Waals surface area contributed by atoms with E-state index in [1.54, 1.807) is 18.6 Å². The van der Waals surface area contributed by atoms with Crippen LogP contribution in [0.1, 0.15) is 11.1 Å². The van der Waals surface area contributed by atoms with E-state index in [0.29, 0.717) is 11.5 Å². The minimum absolute atomic E-state index is 0.580. The molecule has 3 heterocycles. The number of benzene rings is 2. The Morgan fingerprint density at radius 3 is 2.81 bits per heavy atom. The number of halogens is 1. The van der Waals surface area contributed by atoms with E-state index in [1.165, 1.54) is 11.1 Å². The zero-order chi connectivity index (χ0) is 18.4. The van der Waals surface area contributed by atoms with Gasteiger partial charge in [-0.3, -0.25) is 4.98 Å². The van der Waals surface area contributed by atoms with Gasteiger partial charge in [-0.2, -0.15) is 0 Å². The van der Waals surface area contributed by atoms with E-state index in [1.807, 2.05) is 18.2 Å². The number of rotatable bonds is 2. The van der Waals surface area contributed by atoms with Crippen molar-refractivity contribution < 1.29 is 0 Å². The molecule has 1 aliphatic rings. The van der Waals surface area contributed by atoms with Gasteiger partial charge in [0.15, 0.2) is 5.82 Å². The van der Waals surface area contributed by atoms with E-state index in [2.05, 4.69) is 40.0 Å². The largest absolute Gasteiger partial charge is 0.325 e. The van der Waals surface area contributed by atoms with Crippen molar-refractivity contribution in [2.45, 2.75) is 13.3 Å². The van der Waals surface area contributed by atoms with Gasteiger partial charge in [-0.25, -0.2) is 15.0 Å². The van der Waals surface area contributed by atoms with Crippen molar-refractivity contribution in [2.75, 3.05) is 11.4 Å². The Balaban J connectivity index is 1.75. The van der Waals surface area contributed by atoms with Gasteiger partial charge in [0.2, 0.25) is 0 Å². The lowest BCUT2D eigenvalue weighted by molar-refractivity contribution is 0.974. The van der Waals surface area contributed by atoms with Gasteiger partial charge in [0.25, 0.3) is 0 Å². The molecule has 5 rings (SSSR count). The molecule has 0 saturated carbocycles. The summed E-state index contributed by atoms with van der Waals surface area (Å²) in [5.41, 5.74) is 5.12. The Labute approximate surface area is 161 Å². The van der Waals surface area contributed by atoms with Crippen LogP contribution < -0.4 is 4.90 Å². The second-order valence-electron chi connectivity index (χ2n) is 6.66. The Morgan fingerprint density at radius 2 is 1.96 bits per heavy atom. The molecule has 5 nitrogen and oxygen atoms in total. The average molecular weight is 374 g/mol. The van der Waals surface area contributed by atoms with E-state index < -0.39 is 0 Å². The Hall–Kier alpha value is -3.05. The molecule has 0 unspecified atom stereocenters. The van der Waals surface area contributed by atoms with Crippen LogP contribution in [0.4, 0.5) is 11.5 Å². The summed E-state index contributed by atoms with van der Waals surface area (Å²) < 4.78 is 0. The molecule has 0 spiro atoms.